The minimum Gasteiger partial charge on any atom is -0.390 e. The smallest absolute Gasteiger partial charge is 0.233 e. The van der Waals surface area contributed by atoms with Gasteiger partial charge in [0.15, 0.2) is 5.16 Å². The van der Waals surface area contributed by atoms with Crippen LogP contribution in [0.1, 0.15) is 44.5 Å². The second-order valence-corrected chi connectivity index (χ2v) is 7.98. The van der Waals surface area contributed by atoms with Gasteiger partial charge in [0.05, 0.1) is 24.3 Å². The number of imidazole rings is 1. The SMILES string of the molecule is Cc1ccc(Cn2c(CO)cnc2SCC(=O)N(C(C)C)C(C)C)cc1. The second kappa shape index (κ2) is 9.24. The molecule has 0 unspecified atom stereocenters. The monoisotopic (exact) mass is 375 g/mol. The molecule has 6 heteroatoms. The third kappa shape index (κ3) is 5.11. The molecule has 1 aromatic heterocycles. The van der Waals surface area contributed by atoms with Crippen LogP contribution in [0.15, 0.2) is 35.6 Å². The normalized spacial score (nSPS) is 11.4. The van der Waals surface area contributed by atoms with Crippen LogP contribution in [0.5, 0.6) is 0 Å². The molecule has 0 spiro atoms. The zero-order chi connectivity index (χ0) is 19.3. The van der Waals surface area contributed by atoms with Crippen molar-refractivity contribution in [1.82, 2.24) is 14.5 Å². The van der Waals surface area contributed by atoms with Gasteiger partial charge in [-0.05, 0) is 40.2 Å². The van der Waals surface area contributed by atoms with Gasteiger partial charge in [0.1, 0.15) is 0 Å². The highest BCUT2D eigenvalue weighted by Gasteiger charge is 2.21. The van der Waals surface area contributed by atoms with E-state index in [0.29, 0.717) is 12.3 Å². The number of rotatable bonds is 8. The van der Waals surface area contributed by atoms with Crippen molar-refractivity contribution in [3.8, 4) is 0 Å². The van der Waals surface area contributed by atoms with Crippen LogP contribution in [0.2, 0.25) is 0 Å². The van der Waals surface area contributed by atoms with Crippen LogP contribution in [0.4, 0.5) is 0 Å². The first-order valence-corrected chi connectivity index (χ1v) is 9.96. The van der Waals surface area contributed by atoms with Gasteiger partial charge < -0.3 is 14.6 Å². The molecule has 2 rings (SSSR count). The average molecular weight is 376 g/mol. The maximum Gasteiger partial charge on any atom is 0.233 e. The van der Waals surface area contributed by atoms with Crippen molar-refractivity contribution in [1.29, 1.82) is 0 Å². The maximum absolute atomic E-state index is 12.6. The maximum atomic E-state index is 12.6. The minimum atomic E-state index is -0.0719. The summed E-state index contributed by atoms with van der Waals surface area (Å²) in [4.78, 5) is 18.9. The Balaban J connectivity index is 2.13. The number of aliphatic hydroxyl groups excluding tert-OH is 1. The van der Waals surface area contributed by atoms with Crippen molar-refractivity contribution in [2.45, 2.75) is 65.0 Å². The number of hydrogen-bond acceptors (Lipinski definition) is 4. The largest absolute Gasteiger partial charge is 0.390 e. The number of aliphatic hydroxyl groups is 1. The van der Waals surface area contributed by atoms with Crippen LogP contribution in [0, 0.1) is 6.92 Å². The molecule has 5 nitrogen and oxygen atoms in total. The number of hydrogen-bond donors (Lipinski definition) is 1. The summed E-state index contributed by atoms with van der Waals surface area (Å²) in [5, 5.41) is 10.4. The van der Waals surface area contributed by atoms with E-state index in [-0.39, 0.29) is 24.6 Å². The van der Waals surface area contributed by atoms with Gasteiger partial charge in [-0.1, -0.05) is 41.6 Å². The van der Waals surface area contributed by atoms with Crippen LogP contribution < -0.4 is 0 Å². The highest BCUT2D eigenvalue weighted by molar-refractivity contribution is 7.99. The zero-order valence-electron chi connectivity index (χ0n) is 16.3. The fraction of sp³-hybridized carbons (Fsp3) is 0.500. The van der Waals surface area contributed by atoms with E-state index < -0.39 is 0 Å². The number of aryl methyl sites for hydroxylation is 1. The molecule has 0 bridgehead atoms. The van der Waals surface area contributed by atoms with Crippen LogP contribution in [-0.2, 0) is 17.9 Å². The second-order valence-electron chi connectivity index (χ2n) is 7.04. The molecule has 0 atom stereocenters. The molecule has 0 fully saturated rings. The number of benzene rings is 1. The Morgan fingerprint density at radius 1 is 1.19 bits per heavy atom. The van der Waals surface area contributed by atoms with Crippen LogP contribution in [0.25, 0.3) is 0 Å². The molecule has 0 radical (unpaired) electrons. The van der Waals surface area contributed by atoms with Crippen molar-refractivity contribution in [3.63, 3.8) is 0 Å². The molecule has 0 saturated carbocycles. The van der Waals surface area contributed by atoms with E-state index in [1.807, 2.05) is 37.2 Å². The van der Waals surface area contributed by atoms with Crippen LogP contribution in [0.3, 0.4) is 0 Å². The molecule has 1 aromatic carbocycles. The Kier molecular flexibility index (Phi) is 7.29. The fourth-order valence-corrected chi connectivity index (χ4v) is 3.92. The van der Waals surface area contributed by atoms with Gasteiger partial charge in [0.2, 0.25) is 5.91 Å². The first-order valence-electron chi connectivity index (χ1n) is 8.98. The van der Waals surface area contributed by atoms with Gasteiger partial charge in [-0.25, -0.2) is 4.98 Å². The summed E-state index contributed by atoms with van der Waals surface area (Å²) in [7, 11) is 0. The third-order valence-electron chi connectivity index (χ3n) is 4.25. The summed E-state index contributed by atoms with van der Waals surface area (Å²) in [5.41, 5.74) is 3.11. The van der Waals surface area contributed by atoms with Gasteiger partial charge in [0.25, 0.3) is 0 Å². The number of amides is 1. The van der Waals surface area contributed by atoms with Crippen molar-refractivity contribution in [2.75, 3.05) is 5.75 Å². The molecular weight excluding hydrogens is 346 g/mol. The van der Waals surface area contributed by atoms with Crippen molar-refractivity contribution in [2.24, 2.45) is 0 Å². The summed E-state index contributed by atoms with van der Waals surface area (Å²) < 4.78 is 1.98. The van der Waals surface area contributed by atoms with Crippen molar-refractivity contribution < 1.29 is 9.90 Å². The quantitative estimate of drug-likeness (QED) is 0.718. The summed E-state index contributed by atoms with van der Waals surface area (Å²) in [5.74, 6) is 0.446. The lowest BCUT2D eigenvalue weighted by Gasteiger charge is -2.30. The van der Waals surface area contributed by atoms with Crippen molar-refractivity contribution in [3.05, 3.63) is 47.3 Å². The summed E-state index contributed by atoms with van der Waals surface area (Å²) >= 11 is 1.43. The lowest BCUT2D eigenvalue weighted by molar-refractivity contribution is -0.131. The summed E-state index contributed by atoms with van der Waals surface area (Å²) in [6.07, 6.45) is 1.68. The Morgan fingerprint density at radius 2 is 1.81 bits per heavy atom. The van der Waals surface area contributed by atoms with Gasteiger partial charge in [-0.15, -0.1) is 0 Å². The predicted octanol–water partition coefficient (Wildman–Crippen LogP) is 3.47. The van der Waals surface area contributed by atoms with E-state index >= 15 is 0 Å². The Labute approximate surface area is 160 Å². The van der Waals surface area contributed by atoms with E-state index in [4.69, 9.17) is 0 Å². The summed E-state index contributed by atoms with van der Waals surface area (Å²) in [6, 6.07) is 8.64. The molecule has 0 aliphatic carbocycles. The highest BCUT2D eigenvalue weighted by atomic mass is 32.2. The van der Waals surface area contributed by atoms with Gasteiger partial charge >= 0.3 is 0 Å². The minimum absolute atomic E-state index is 0.0719. The van der Waals surface area contributed by atoms with Crippen LogP contribution in [-0.4, -0.2) is 43.3 Å². The molecule has 1 N–H and O–H groups in total. The molecule has 0 saturated heterocycles. The zero-order valence-corrected chi connectivity index (χ0v) is 17.1. The Morgan fingerprint density at radius 3 is 2.35 bits per heavy atom. The number of carbonyl (C=O) groups is 1. The van der Waals surface area contributed by atoms with Crippen LogP contribution >= 0.6 is 11.8 Å². The first-order chi connectivity index (χ1) is 12.3. The molecule has 0 aliphatic rings. The van der Waals surface area contributed by atoms with E-state index in [0.717, 1.165) is 16.4 Å². The van der Waals surface area contributed by atoms with E-state index in [1.54, 1.807) is 6.20 Å². The topological polar surface area (TPSA) is 58.4 Å². The van der Waals surface area contributed by atoms with Gasteiger partial charge in [-0.3, -0.25) is 4.79 Å². The molecule has 1 amide bonds. The van der Waals surface area contributed by atoms with Gasteiger partial charge in [-0.2, -0.15) is 0 Å². The van der Waals surface area contributed by atoms with Gasteiger partial charge in [0, 0.05) is 18.6 Å². The molecule has 2 aromatic rings. The number of thioether (sulfide) groups is 1. The van der Waals surface area contributed by atoms with E-state index in [9.17, 15) is 9.90 Å². The standard InChI is InChI=1S/C20H29N3O2S/c1-14(2)23(15(3)4)19(25)13-26-20-21-10-18(12-24)22(20)11-17-8-6-16(5)7-9-17/h6-10,14-15,24H,11-13H2,1-5H3. The molecular formula is C20H29N3O2S. The molecule has 26 heavy (non-hydrogen) atoms. The predicted molar refractivity (Wildman–Crippen MR) is 106 cm³/mol. The van der Waals surface area contributed by atoms with E-state index in [1.165, 1.54) is 17.3 Å². The molecule has 0 aliphatic heterocycles. The number of nitrogens with zero attached hydrogens (tertiary/aromatic N) is 3. The Hall–Kier alpha value is -1.79. The lowest BCUT2D eigenvalue weighted by atomic mass is 10.1. The number of aromatic nitrogens is 2. The lowest BCUT2D eigenvalue weighted by Crippen LogP contribution is -2.43. The summed E-state index contributed by atoms with van der Waals surface area (Å²) in [6.45, 7) is 10.7. The average Bonchev–Trinajstić information content (AvgIpc) is 2.96. The van der Waals surface area contributed by atoms with Crippen molar-refractivity contribution >= 4 is 17.7 Å². The third-order valence-corrected chi connectivity index (χ3v) is 5.23. The molecule has 1 heterocycles. The first kappa shape index (κ1) is 20.5. The van der Waals surface area contributed by atoms with E-state index in [2.05, 4.69) is 36.2 Å². The fourth-order valence-electron chi connectivity index (χ4n) is 3.05. The number of carbonyl (C=O) groups excluding carboxylic acids is 1. The molecule has 142 valence electrons. The highest BCUT2D eigenvalue weighted by Crippen LogP contribution is 2.22. The Bertz CT molecular complexity index is 715.